The molecule has 88 valence electrons. The highest BCUT2D eigenvalue weighted by Crippen LogP contribution is 2.22. The topological polar surface area (TPSA) is 52.4 Å². The van der Waals surface area contributed by atoms with Gasteiger partial charge in [0.15, 0.2) is 0 Å². The predicted molar refractivity (Wildman–Crippen MR) is 58.3 cm³/mol. The molecular weight excluding hydrogens is 237 g/mol. The van der Waals surface area contributed by atoms with Crippen LogP contribution in [-0.2, 0) is 11.2 Å². The lowest BCUT2D eigenvalue weighted by molar-refractivity contribution is -0.385. The average Bonchev–Trinajstić information content (AvgIpc) is 2.20. The molecule has 4 nitrogen and oxygen atoms in total. The Morgan fingerprint density at radius 3 is 2.88 bits per heavy atom. The number of methoxy groups -OCH3 is 1. The molecule has 1 unspecified atom stereocenters. The summed E-state index contributed by atoms with van der Waals surface area (Å²) in [5.41, 5.74) is 0.158. The van der Waals surface area contributed by atoms with Crippen molar-refractivity contribution in [1.29, 1.82) is 0 Å². The minimum Gasteiger partial charge on any atom is -0.383 e. The quantitative estimate of drug-likeness (QED) is 0.456. The standard InChI is InChI=1S/C10H11ClFNO3/c1-16-6-8(11)4-7-2-3-9(12)5-10(7)13(14)15/h2-3,5,8H,4,6H2,1H3. The molecule has 0 amide bonds. The molecule has 0 aliphatic carbocycles. The molecule has 1 aromatic rings. The summed E-state index contributed by atoms with van der Waals surface area (Å²) in [4.78, 5) is 10.1. The van der Waals surface area contributed by atoms with Crippen molar-refractivity contribution in [3.05, 3.63) is 39.7 Å². The van der Waals surface area contributed by atoms with Gasteiger partial charge in [-0.25, -0.2) is 4.39 Å². The van der Waals surface area contributed by atoms with Gasteiger partial charge in [0.2, 0.25) is 0 Å². The highest BCUT2D eigenvalue weighted by atomic mass is 35.5. The lowest BCUT2D eigenvalue weighted by atomic mass is 10.1. The molecular formula is C10H11ClFNO3. The minimum absolute atomic E-state index is 0.248. The van der Waals surface area contributed by atoms with Gasteiger partial charge in [-0.15, -0.1) is 11.6 Å². The summed E-state index contributed by atoms with van der Waals surface area (Å²) in [6, 6.07) is 3.45. The van der Waals surface area contributed by atoms with Crippen LogP contribution < -0.4 is 0 Å². The molecule has 1 atom stereocenters. The number of nitrogens with zero attached hydrogens (tertiary/aromatic N) is 1. The van der Waals surface area contributed by atoms with Crippen LogP contribution in [0.5, 0.6) is 0 Å². The van der Waals surface area contributed by atoms with E-state index in [9.17, 15) is 14.5 Å². The first-order chi connectivity index (χ1) is 7.54. The third kappa shape index (κ3) is 3.43. The fraction of sp³-hybridized carbons (Fsp3) is 0.400. The first-order valence-corrected chi connectivity index (χ1v) is 5.04. The Bertz CT molecular complexity index is 386. The molecule has 0 saturated carbocycles. The lowest BCUT2D eigenvalue weighted by Gasteiger charge is -2.08. The summed E-state index contributed by atoms with van der Waals surface area (Å²) in [5.74, 6) is -0.631. The van der Waals surface area contributed by atoms with Crippen molar-refractivity contribution < 1.29 is 14.1 Å². The van der Waals surface area contributed by atoms with Crippen molar-refractivity contribution in [2.45, 2.75) is 11.8 Å². The molecule has 0 aliphatic rings. The molecule has 0 fully saturated rings. The second kappa shape index (κ2) is 5.77. The first-order valence-electron chi connectivity index (χ1n) is 4.60. The van der Waals surface area contributed by atoms with Crippen LogP contribution in [-0.4, -0.2) is 24.0 Å². The van der Waals surface area contributed by atoms with Crippen LogP contribution in [0, 0.1) is 15.9 Å². The van der Waals surface area contributed by atoms with Crippen molar-refractivity contribution >= 4 is 17.3 Å². The third-order valence-corrected chi connectivity index (χ3v) is 2.31. The van der Waals surface area contributed by atoms with E-state index in [1.54, 1.807) is 0 Å². The number of rotatable bonds is 5. The van der Waals surface area contributed by atoms with Gasteiger partial charge in [-0.1, -0.05) is 0 Å². The van der Waals surface area contributed by atoms with Gasteiger partial charge in [0.1, 0.15) is 5.82 Å². The maximum atomic E-state index is 12.8. The average molecular weight is 248 g/mol. The predicted octanol–water partition coefficient (Wildman–Crippen LogP) is 2.53. The first kappa shape index (κ1) is 12.9. The molecule has 0 heterocycles. The molecule has 0 aliphatic heterocycles. The van der Waals surface area contributed by atoms with E-state index in [-0.39, 0.29) is 24.1 Å². The second-order valence-electron chi connectivity index (χ2n) is 3.29. The van der Waals surface area contributed by atoms with Gasteiger partial charge in [0, 0.05) is 12.7 Å². The van der Waals surface area contributed by atoms with Gasteiger partial charge in [-0.2, -0.15) is 0 Å². The second-order valence-corrected chi connectivity index (χ2v) is 3.90. The zero-order valence-electron chi connectivity index (χ0n) is 8.65. The minimum atomic E-state index is -0.631. The molecule has 0 spiro atoms. The molecule has 0 saturated heterocycles. The van der Waals surface area contributed by atoms with Crippen molar-refractivity contribution in [3.8, 4) is 0 Å². The third-order valence-electron chi connectivity index (χ3n) is 2.03. The Labute approximate surface area is 97.1 Å². The maximum Gasteiger partial charge on any atom is 0.275 e. The lowest BCUT2D eigenvalue weighted by Crippen LogP contribution is -2.11. The van der Waals surface area contributed by atoms with E-state index < -0.39 is 10.7 Å². The zero-order valence-corrected chi connectivity index (χ0v) is 9.41. The monoisotopic (exact) mass is 247 g/mol. The molecule has 1 aromatic carbocycles. The zero-order chi connectivity index (χ0) is 12.1. The summed E-state index contributed by atoms with van der Waals surface area (Å²) in [7, 11) is 1.49. The van der Waals surface area contributed by atoms with Crippen LogP contribution in [0.25, 0.3) is 0 Å². The van der Waals surface area contributed by atoms with Crippen LogP contribution in [0.4, 0.5) is 10.1 Å². The van der Waals surface area contributed by atoms with E-state index >= 15 is 0 Å². The number of hydrogen-bond acceptors (Lipinski definition) is 3. The van der Waals surface area contributed by atoms with Gasteiger partial charge in [0.25, 0.3) is 5.69 Å². The van der Waals surface area contributed by atoms with Crippen LogP contribution in [0.3, 0.4) is 0 Å². The van der Waals surface area contributed by atoms with Crippen molar-refractivity contribution in [2.75, 3.05) is 13.7 Å². The SMILES string of the molecule is COCC(Cl)Cc1ccc(F)cc1[N+](=O)[O-]. The molecule has 0 N–H and O–H groups in total. The van der Waals surface area contributed by atoms with E-state index in [0.29, 0.717) is 5.56 Å². The summed E-state index contributed by atoms with van der Waals surface area (Å²) < 4.78 is 17.7. The van der Waals surface area contributed by atoms with Crippen LogP contribution >= 0.6 is 11.6 Å². The Balaban J connectivity index is 2.90. The number of nitro groups is 1. The fourth-order valence-corrected chi connectivity index (χ4v) is 1.65. The van der Waals surface area contributed by atoms with Gasteiger partial charge < -0.3 is 4.74 Å². The van der Waals surface area contributed by atoms with E-state index in [0.717, 1.165) is 6.07 Å². The smallest absolute Gasteiger partial charge is 0.275 e. The van der Waals surface area contributed by atoms with Crippen LogP contribution in [0.1, 0.15) is 5.56 Å². The fourth-order valence-electron chi connectivity index (χ4n) is 1.36. The van der Waals surface area contributed by atoms with Gasteiger partial charge >= 0.3 is 0 Å². The molecule has 16 heavy (non-hydrogen) atoms. The van der Waals surface area contributed by atoms with Gasteiger partial charge in [0.05, 0.1) is 23.0 Å². The molecule has 1 rings (SSSR count). The summed E-state index contributed by atoms with van der Waals surface area (Å²) >= 11 is 5.89. The Hall–Kier alpha value is -1.20. The highest BCUT2D eigenvalue weighted by molar-refractivity contribution is 6.20. The van der Waals surface area contributed by atoms with E-state index in [4.69, 9.17) is 16.3 Å². The highest BCUT2D eigenvalue weighted by Gasteiger charge is 2.17. The molecule has 0 radical (unpaired) electrons. The maximum absolute atomic E-state index is 12.8. The van der Waals surface area contributed by atoms with E-state index in [1.165, 1.54) is 19.2 Å². The number of ether oxygens (including phenoxy) is 1. The molecule has 6 heteroatoms. The largest absolute Gasteiger partial charge is 0.383 e. The van der Waals surface area contributed by atoms with Crippen molar-refractivity contribution in [3.63, 3.8) is 0 Å². The number of benzene rings is 1. The van der Waals surface area contributed by atoms with Crippen LogP contribution in [0.15, 0.2) is 18.2 Å². The van der Waals surface area contributed by atoms with Gasteiger partial charge in [-0.3, -0.25) is 10.1 Å². The van der Waals surface area contributed by atoms with Crippen molar-refractivity contribution in [1.82, 2.24) is 0 Å². The van der Waals surface area contributed by atoms with Crippen LogP contribution in [0.2, 0.25) is 0 Å². The number of halogens is 2. The Kier molecular flexibility index (Phi) is 4.64. The summed E-state index contributed by atoms with van der Waals surface area (Å²) in [6.45, 7) is 0.288. The van der Waals surface area contributed by atoms with Crippen molar-refractivity contribution in [2.24, 2.45) is 0 Å². The normalized spacial score (nSPS) is 12.4. The number of nitro benzene ring substituents is 1. The van der Waals surface area contributed by atoms with Gasteiger partial charge in [-0.05, 0) is 18.6 Å². The Morgan fingerprint density at radius 2 is 2.31 bits per heavy atom. The van der Waals surface area contributed by atoms with E-state index in [1.807, 2.05) is 0 Å². The summed E-state index contributed by atoms with van der Waals surface area (Å²) in [6.07, 6.45) is 0.270. The van der Waals surface area contributed by atoms with E-state index in [2.05, 4.69) is 0 Å². The number of alkyl halides is 1. The summed E-state index contributed by atoms with van der Waals surface area (Å²) in [5, 5.41) is 10.3. The number of hydrogen-bond donors (Lipinski definition) is 0. The Morgan fingerprint density at radius 1 is 1.62 bits per heavy atom. The molecule has 0 bridgehead atoms. The molecule has 0 aromatic heterocycles.